The van der Waals surface area contributed by atoms with Crippen LogP contribution in [0.5, 0.6) is 0 Å². The highest BCUT2D eigenvalue weighted by atomic mass is 16.5. The molecule has 0 amide bonds. The van der Waals surface area contributed by atoms with Crippen molar-refractivity contribution < 1.29 is 9.53 Å². The van der Waals surface area contributed by atoms with Crippen LogP contribution >= 0.6 is 0 Å². The fourth-order valence-corrected chi connectivity index (χ4v) is 0.884. The molecule has 0 aromatic carbocycles. The second-order valence-corrected chi connectivity index (χ2v) is 4.30. The van der Waals surface area contributed by atoms with E-state index in [9.17, 15) is 4.79 Å². The molecule has 14 heavy (non-hydrogen) atoms. The molecule has 0 rings (SSSR count). The number of rotatable bonds is 5. The van der Waals surface area contributed by atoms with Crippen LogP contribution < -0.4 is 5.73 Å². The zero-order valence-corrected chi connectivity index (χ0v) is 9.91. The van der Waals surface area contributed by atoms with Gasteiger partial charge >= 0.3 is 5.97 Å². The van der Waals surface area contributed by atoms with Gasteiger partial charge in [0.25, 0.3) is 0 Å². The van der Waals surface area contributed by atoms with Crippen LogP contribution in [0.2, 0.25) is 0 Å². The summed E-state index contributed by atoms with van der Waals surface area (Å²) in [6, 6.07) is -0.485. The van der Waals surface area contributed by atoms with E-state index in [-0.39, 0.29) is 18.0 Å². The molecule has 0 saturated heterocycles. The van der Waals surface area contributed by atoms with Crippen LogP contribution in [-0.2, 0) is 9.53 Å². The number of hydrogen-bond acceptors (Lipinski definition) is 3. The molecule has 3 atom stereocenters. The Morgan fingerprint density at radius 1 is 1.29 bits per heavy atom. The average Bonchev–Trinajstić information content (AvgIpc) is 2.14. The Morgan fingerprint density at radius 2 is 1.79 bits per heavy atom. The van der Waals surface area contributed by atoms with Crippen molar-refractivity contribution in [1.82, 2.24) is 0 Å². The van der Waals surface area contributed by atoms with Crippen LogP contribution in [0.15, 0.2) is 0 Å². The third kappa shape index (κ3) is 4.09. The average molecular weight is 201 g/mol. The van der Waals surface area contributed by atoms with E-state index in [1.54, 1.807) is 0 Å². The fraction of sp³-hybridized carbons (Fsp3) is 0.909. The molecule has 3 heteroatoms. The topological polar surface area (TPSA) is 52.3 Å². The lowest BCUT2D eigenvalue weighted by Gasteiger charge is -2.22. The minimum Gasteiger partial charge on any atom is -0.461 e. The van der Waals surface area contributed by atoms with Crippen LogP contribution in [-0.4, -0.2) is 18.1 Å². The van der Waals surface area contributed by atoms with Gasteiger partial charge in [-0.25, -0.2) is 0 Å². The Hall–Kier alpha value is -0.570. The van der Waals surface area contributed by atoms with Gasteiger partial charge in [0.05, 0.1) is 0 Å². The number of carbonyl (C=O) groups excluding carboxylic acids is 1. The molecule has 0 spiro atoms. The van der Waals surface area contributed by atoms with Crippen molar-refractivity contribution in [3.63, 3.8) is 0 Å². The van der Waals surface area contributed by atoms with Gasteiger partial charge in [0.2, 0.25) is 0 Å². The van der Waals surface area contributed by atoms with Gasteiger partial charge in [0.15, 0.2) is 0 Å². The van der Waals surface area contributed by atoms with Crippen LogP contribution in [0, 0.1) is 11.8 Å². The monoisotopic (exact) mass is 201 g/mol. The van der Waals surface area contributed by atoms with Gasteiger partial charge < -0.3 is 10.5 Å². The summed E-state index contributed by atoms with van der Waals surface area (Å²) in [4.78, 5) is 11.5. The van der Waals surface area contributed by atoms with Crippen molar-refractivity contribution >= 4 is 5.97 Å². The Bertz CT molecular complexity index is 180. The maximum absolute atomic E-state index is 11.5. The molecule has 0 bridgehead atoms. The van der Waals surface area contributed by atoms with Crippen molar-refractivity contribution in [3.05, 3.63) is 0 Å². The summed E-state index contributed by atoms with van der Waals surface area (Å²) in [6.07, 6.45) is 0.837. The van der Waals surface area contributed by atoms with Gasteiger partial charge in [-0.3, -0.25) is 4.79 Å². The first-order valence-corrected chi connectivity index (χ1v) is 5.36. The Kier molecular flexibility index (Phi) is 5.77. The summed E-state index contributed by atoms with van der Waals surface area (Å²) in [5.74, 6) is 0.241. The maximum atomic E-state index is 11.5. The first-order valence-electron chi connectivity index (χ1n) is 5.36. The third-order valence-corrected chi connectivity index (χ3v) is 2.77. The van der Waals surface area contributed by atoms with E-state index in [1.807, 2.05) is 34.6 Å². The lowest BCUT2D eigenvalue weighted by Crippen LogP contribution is -2.40. The first-order chi connectivity index (χ1) is 6.40. The van der Waals surface area contributed by atoms with Crippen LogP contribution in [0.25, 0.3) is 0 Å². The first kappa shape index (κ1) is 13.4. The van der Waals surface area contributed by atoms with Crippen LogP contribution in [0.3, 0.4) is 0 Å². The highest BCUT2D eigenvalue weighted by molar-refractivity contribution is 5.75. The zero-order chi connectivity index (χ0) is 11.3. The number of carbonyl (C=O) groups is 1. The van der Waals surface area contributed by atoms with Gasteiger partial charge in [0, 0.05) is 0 Å². The van der Waals surface area contributed by atoms with E-state index < -0.39 is 6.04 Å². The maximum Gasteiger partial charge on any atom is 0.323 e. The summed E-state index contributed by atoms with van der Waals surface area (Å²) >= 11 is 0. The molecule has 84 valence electrons. The molecule has 0 saturated carbocycles. The number of ether oxygens (including phenoxy) is 1. The Labute approximate surface area is 87.0 Å². The third-order valence-electron chi connectivity index (χ3n) is 2.77. The van der Waals surface area contributed by atoms with Crippen molar-refractivity contribution in [2.75, 3.05) is 0 Å². The van der Waals surface area contributed by atoms with Gasteiger partial charge in [-0.05, 0) is 18.8 Å². The number of nitrogens with two attached hydrogens (primary N) is 1. The number of esters is 1. The standard InChI is InChI=1S/C11H23NO2/c1-6-8(4)10(12)11(13)14-9(5)7(2)3/h7-10H,6,12H2,1-5H3/t8?,9?,10-/m0/s1. The molecular weight excluding hydrogens is 178 g/mol. The second kappa shape index (κ2) is 6.02. The van der Waals surface area contributed by atoms with Crippen molar-refractivity contribution in [2.24, 2.45) is 17.6 Å². The minimum atomic E-state index is -0.485. The quantitative estimate of drug-likeness (QED) is 0.692. The predicted molar refractivity (Wildman–Crippen MR) is 57.8 cm³/mol. The molecular formula is C11H23NO2. The molecule has 0 fully saturated rings. The van der Waals surface area contributed by atoms with Gasteiger partial charge in [-0.2, -0.15) is 0 Å². The summed E-state index contributed by atoms with van der Waals surface area (Å²) in [6.45, 7) is 9.92. The fourth-order valence-electron chi connectivity index (χ4n) is 0.884. The molecule has 0 radical (unpaired) electrons. The summed E-state index contributed by atoms with van der Waals surface area (Å²) in [5.41, 5.74) is 5.75. The van der Waals surface area contributed by atoms with E-state index in [2.05, 4.69) is 0 Å². The van der Waals surface area contributed by atoms with Crippen molar-refractivity contribution in [3.8, 4) is 0 Å². The number of hydrogen-bond donors (Lipinski definition) is 1. The molecule has 0 aromatic heterocycles. The molecule has 2 N–H and O–H groups in total. The molecule has 0 aliphatic rings. The lowest BCUT2D eigenvalue weighted by atomic mass is 10.00. The molecule has 0 aliphatic carbocycles. The smallest absolute Gasteiger partial charge is 0.323 e. The summed E-state index contributed by atoms with van der Waals surface area (Å²) < 4.78 is 5.23. The van der Waals surface area contributed by atoms with E-state index in [4.69, 9.17) is 10.5 Å². The normalized spacial score (nSPS) is 17.6. The highest BCUT2D eigenvalue weighted by Gasteiger charge is 2.23. The van der Waals surface area contributed by atoms with Gasteiger partial charge in [-0.1, -0.05) is 34.1 Å². The SMILES string of the molecule is CCC(C)[C@H](N)C(=O)OC(C)C(C)C. The van der Waals surface area contributed by atoms with E-state index in [0.29, 0.717) is 5.92 Å². The summed E-state index contributed by atoms with van der Waals surface area (Å²) in [7, 11) is 0. The van der Waals surface area contributed by atoms with Crippen molar-refractivity contribution in [2.45, 2.75) is 53.2 Å². The highest BCUT2D eigenvalue weighted by Crippen LogP contribution is 2.11. The summed E-state index contributed by atoms with van der Waals surface area (Å²) in [5, 5.41) is 0. The van der Waals surface area contributed by atoms with Gasteiger partial charge in [-0.15, -0.1) is 0 Å². The van der Waals surface area contributed by atoms with Crippen LogP contribution in [0.4, 0.5) is 0 Å². The van der Waals surface area contributed by atoms with Crippen molar-refractivity contribution in [1.29, 1.82) is 0 Å². The van der Waals surface area contributed by atoms with Crippen LogP contribution in [0.1, 0.15) is 41.0 Å². The zero-order valence-electron chi connectivity index (χ0n) is 9.91. The van der Waals surface area contributed by atoms with Gasteiger partial charge in [0.1, 0.15) is 12.1 Å². The lowest BCUT2D eigenvalue weighted by molar-refractivity contribution is -0.153. The minimum absolute atomic E-state index is 0.0578. The van der Waals surface area contributed by atoms with E-state index >= 15 is 0 Å². The largest absolute Gasteiger partial charge is 0.461 e. The Morgan fingerprint density at radius 3 is 2.14 bits per heavy atom. The molecule has 0 aliphatic heterocycles. The molecule has 3 nitrogen and oxygen atoms in total. The molecule has 0 aromatic rings. The second-order valence-electron chi connectivity index (χ2n) is 4.30. The predicted octanol–water partition coefficient (Wildman–Crippen LogP) is 1.95. The van der Waals surface area contributed by atoms with E-state index in [1.165, 1.54) is 0 Å². The molecule has 2 unspecified atom stereocenters. The van der Waals surface area contributed by atoms with E-state index in [0.717, 1.165) is 6.42 Å². The molecule has 0 heterocycles. The Balaban J connectivity index is 4.07.